The summed E-state index contributed by atoms with van der Waals surface area (Å²) in [6.45, 7) is 6.77. The number of carbonyl (C=O) groups is 3. The van der Waals surface area contributed by atoms with Gasteiger partial charge in [-0.2, -0.15) is 0 Å². The molecule has 38 heavy (non-hydrogen) atoms. The summed E-state index contributed by atoms with van der Waals surface area (Å²) in [4.78, 5) is 42.6. The van der Waals surface area contributed by atoms with Crippen LogP contribution in [0.25, 0.3) is 11.1 Å². The lowest BCUT2D eigenvalue weighted by molar-refractivity contribution is -0.136. The number of carbonyl (C=O) groups excluding carboxylic acids is 3. The topological polar surface area (TPSA) is 92.5 Å². The number of para-hydroxylation sites is 1. The molecule has 0 radical (unpaired) electrons. The summed E-state index contributed by atoms with van der Waals surface area (Å²) in [5.74, 6) is -1.11. The van der Waals surface area contributed by atoms with E-state index in [9.17, 15) is 14.4 Å². The molecule has 6 nitrogen and oxygen atoms in total. The number of nitrogens with one attached hydrogen (secondary N) is 1. The Labute approximate surface area is 227 Å². The Bertz CT molecular complexity index is 1140. The van der Waals surface area contributed by atoms with Crippen LogP contribution in [0, 0.1) is 23.7 Å². The Kier molecular flexibility index (Phi) is 9.24. The quantitative estimate of drug-likeness (QED) is 0.362. The zero-order valence-corrected chi connectivity index (χ0v) is 23.1. The highest BCUT2D eigenvalue weighted by molar-refractivity contribution is 6.06. The van der Waals surface area contributed by atoms with Gasteiger partial charge in [-0.1, -0.05) is 95.3 Å². The van der Waals surface area contributed by atoms with Crippen molar-refractivity contribution in [3.05, 3.63) is 54.1 Å². The number of benzene rings is 2. The zero-order chi connectivity index (χ0) is 27.2. The smallest absolute Gasteiger partial charge is 0.254 e. The van der Waals surface area contributed by atoms with Gasteiger partial charge in [-0.3, -0.25) is 14.4 Å². The van der Waals surface area contributed by atoms with E-state index in [1.54, 1.807) is 0 Å². The molecule has 2 aromatic rings. The molecule has 0 bridgehead atoms. The Morgan fingerprint density at radius 2 is 1.71 bits per heavy atom. The van der Waals surface area contributed by atoms with E-state index in [2.05, 4.69) is 18.3 Å². The number of hydrogen-bond acceptors (Lipinski definition) is 3. The molecule has 0 spiro atoms. The number of rotatable bonds is 12. The molecule has 1 fully saturated rings. The largest absolute Gasteiger partial charge is 0.369 e. The molecule has 0 aromatic heterocycles. The van der Waals surface area contributed by atoms with E-state index in [0.29, 0.717) is 25.3 Å². The second-order valence-corrected chi connectivity index (χ2v) is 11.5. The first-order valence-corrected chi connectivity index (χ1v) is 14.4. The van der Waals surface area contributed by atoms with Gasteiger partial charge in [0, 0.05) is 23.9 Å². The third-order valence-electron chi connectivity index (χ3n) is 8.32. The second kappa shape index (κ2) is 12.6. The number of anilines is 1. The number of nitrogens with zero attached hydrogens (tertiary/aromatic N) is 1. The van der Waals surface area contributed by atoms with Gasteiger partial charge in [0.05, 0.1) is 5.69 Å². The van der Waals surface area contributed by atoms with E-state index in [-0.39, 0.29) is 17.7 Å². The van der Waals surface area contributed by atoms with Crippen LogP contribution in [0.4, 0.5) is 5.69 Å². The van der Waals surface area contributed by atoms with Gasteiger partial charge in [0.2, 0.25) is 11.8 Å². The molecule has 0 saturated heterocycles. The molecule has 204 valence electrons. The molecule has 3 atom stereocenters. The van der Waals surface area contributed by atoms with Crippen molar-refractivity contribution in [1.82, 2.24) is 5.32 Å². The molecular weight excluding hydrogens is 474 g/mol. The molecule has 1 saturated carbocycles. The first-order valence-electron chi connectivity index (χ1n) is 14.4. The van der Waals surface area contributed by atoms with Crippen LogP contribution in [0.1, 0.15) is 83.7 Å². The van der Waals surface area contributed by atoms with Gasteiger partial charge >= 0.3 is 0 Å². The summed E-state index contributed by atoms with van der Waals surface area (Å²) in [5, 5.41) is 3.12. The third-order valence-corrected chi connectivity index (χ3v) is 8.32. The van der Waals surface area contributed by atoms with E-state index >= 15 is 0 Å². The fourth-order valence-electron chi connectivity index (χ4n) is 5.98. The van der Waals surface area contributed by atoms with Gasteiger partial charge < -0.3 is 16.0 Å². The molecule has 2 aliphatic rings. The minimum atomic E-state index is -0.832. The summed E-state index contributed by atoms with van der Waals surface area (Å²) in [7, 11) is 0. The van der Waals surface area contributed by atoms with Crippen LogP contribution in [0.2, 0.25) is 0 Å². The number of nitrogens with two attached hydrogens (primary N) is 1. The average molecular weight is 518 g/mol. The van der Waals surface area contributed by atoms with Crippen molar-refractivity contribution >= 4 is 23.4 Å². The van der Waals surface area contributed by atoms with Gasteiger partial charge in [-0.05, 0) is 48.3 Å². The van der Waals surface area contributed by atoms with Gasteiger partial charge in [0.1, 0.15) is 6.04 Å². The fourth-order valence-corrected chi connectivity index (χ4v) is 5.98. The van der Waals surface area contributed by atoms with Crippen molar-refractivity contribution in [2.24, 2.45) is 29.4 Å². The van der Waals surface area contributed by atoms with E-state index < -0.39 is 23.8 Å². The summed E-state index contributed by atoms with van der Waals surface area (Å²) in [5.41, 5.74) is 9.45. The maximum Gasteiger partial charge on any atom is 0.254 e. The summed E-state index contributed by atoms with van der Waals surface area (Å²) >= 11 is 0. The molecule has 3 unspecified atom stereocenters. The number of hydrogen-bond donors (Lipinski definition) is 2. The highest BCUT2D eigenvalue weighted by Crippen LogP contribution is 2.41. The Morgan fingerprint density at radius 3 is 2.34 bits per heavy atom. The molecular formula is C32H43N3O3. The van der Waals surface area contributed by atoms with Crippen LogP contribution in [-0.2, 0) is 14.4 Å². The number of fused-ring (bicyclic) bond motifs is 3. The monoisotopic (exact) mass is 517 g/mol. The van der Waals surface area contributed by atoms with Gasteiger partial charge in [-0.25, -0.2) is 0 Å². The lowest BCUT2D eigenvalue weighted by atomic mass is 9.81. The van der Waals surface area contributed by atoms with Gasteiger partial charge in [0.15, 0.2) is 0 Å². The molecule has 1 heterocycles. The zero-order valence-electron chi connectivity index (χ0n) is 23.1. The van der Waals surface area contributed by atoms with Crippen molar-refractivity contribution < 1.29 is 14.4 Å². The Balaban J connectivity index is 1.70. The number of unbranched alkanes of at least 4 members (excludes halogenated alkanes) is 1. The minimum absolute atomic E-state index is 0.123. The van der Waals surface area contributed by atoms with Crippen LogP contribution in [0.3, 0.4) is 0 Å². The first-order chi connectivity index (χ1) is 18.3. The molecule has 3 amide bonds. The highest BCUT2D eigenvalue weighted by atomic mass is 16.2. The summed E-state index contributed by atoms with van der Waals surface area (Å²) in [6.07, 6.45) is 7.50. The fraction of sp³-hybridized carbons (Fsp3) is 0.531. The normalized spacial score (nSPS) is 18.7. The average Bonchev–Trinajstić information content (AvgIpc) is 2.96. The number of amides is 3. The standard InChI is InChI=1S/C32H43N3O3/c1-4-5-13-26(30(33)36)27(20-21(2)3)31(37)34-29-25-16-7-6-14-23(25)24-15-8-9-17-28(24)35(32(29)38)19-18-22-11-10-12-22/h6-9,14-17,21-22,26-27,29H,4-5,10-13,18-20H2,1-3H3,(H2,33,36)(H,34,37). The third kappa shape index (κ3) is 6.11. The Morgan fingerprint density at radius 1 is 1.03 bits per heavy atom. The van der Waals surface area contributed by atoms with Crippen molar-refractivity contribution in [2.75, 3.05) is 11.4 Å². The van der Waals surface area contributed by atoms with Crippen molar-refractivity contribution in [1.29, 1.82) is 0 Å². The molecule has 1 aliphatic carbocycles. The SMILES string of the molecule is CCCCC(C(N)=O)C(CC(C)C)C(=O)NC1C(=O)N(CCC2CCC2)c2ccccc2-c2ccccc21. The van der Waals surface area contributed by atoms with Crippen molar-refractivity contribution in [2.45, 2.75) is 78.2 Å². The summed E-state index contributed by atoms with van der Waals surface area (Å²) in [6, 6.07) is 15.0. The van der Waals surface area contributed by atoms with Crippen LogP contribution in [0.5, 0.6) is 0 Å². The van der Waals surface area contributed by atoms with E-state index in [4.69, 9.17) is 5.73 Å². The van der Waals surface area contributed by atoms with E-state index in [0.717, 1.165) is 41.6 Å². The second-order valence-electron chi connectivity index (χ2n) is 11.5. The summed E-state index contributed by atoms with van der Waals surface area (Å²) < 4.78 is 0. The molecule has 6 heteroatoms. The van der Waals surface area contributed by atoms with Crippen LogP contribution >= 0.6 is 0 Å². The van der Waals surface area contributed by atoms with Crippen LogP contribution in [0.15, 0.2) is 48.5 Å². The highest BCUT2D eigenvalue weighted by Gasteiger charge is 2.39. The molecule has 3 N–H and O–H groups in total. The molecule has 1 aliphatic heterocycles. The van der Waals surface area contributed by atoms with Gasteiger partial charge in [-0.15, -0.1) is 0 Å². The van der Waals surface area contributed by atoms with Crippen molar-refractivity contribution in [3.63, 3.8) is 0 Å². The minimum Gasteiger partial charge on any atom is -0.369 e. The number of primary amides is 1. The van der Waals surface area contributed by atoms with Gasteiger partial charge in [0.25, 0.3) is 5.91 Å². The van der Waals surface area contributed by atoms with Crippen molar-refractivity contribution in [3.8, 4) is 11.1 Å². The van der Waals surface area contributed by atoms with E-state index in [1.807, 2.05) is 61.2 Å². The first kappa shape index (κ1) is 27.9. The predicted molar refractivity (Wildman–Crippen MR) is 152 cm³/mol. The lowest BCUT2D eigenvalue weighted by Crippen LogP contribution is -2.47. The maximum absolute atomic E-state index is 14.3. The van der Waals surface area contributed by atoms with Crippen LogP contribution in [-0.4, -0.2) is 24.3 Å². The lowest BCUT2D eigenvalue weighted by Gasteiger charge is -2.32. The maximum atomic E-state index is 14.3. The predicted octanol–water partition coefficient (Wildman–Crippen LogP) is 6.00. The van der Waals surface area contributed by atoms with Crippen LogP contribution < -0.4 is 16.0 Å². The Hall–Kier alpha value is -3.15. The molecule has 2 aromatic carbocycles. The molecule has 4 rings (SSSR count). The van der Waals surface area contributed by atoms with E-state index in [1.165, 1.54) is 19.3 Å².